The fourth-order valence-electron chi connectivity index (χ4n) is 3.42. The number of ether oxygens (including phenoxy) is 1. The summed E-state index contributed by atoms with van der Waals surface area (Å²) in [6.45, 7) is 4.44. The lowest BCUT2D eigenvalue weighted by Crippen LogP contribution is -2.29. The second-order valence-electron chi connectivity index (χ2n) is 6.35. The first-order valence-corrected chi connectivity index (χ1v) is 8.34. The lowest BCUT2D eigenvalue weighted by molar-refractivity contribution is 0.290. The molecular formula is C18H27NO. The molecule has 0 aliphatic heterocycles. The number of hydrogen-bond acceptors (Lipinski definition) is 2. The van der Waals surface area contributed by atoms with E-state index in [-0.39, 0.29) is 0 Å². The molecule has 0 saturated heterocycles. The average molecular weight is 273 g/mol. The summed E-state index contributed by atoms with van der Waals surface area (Å²) in [5.74, 6) is 2.59. The van der Waals surface area contributed by atoms with Gasteiger partial charge in [0.15, 0.2) is 0 Å². The van der Waals surface area contributed by atoms with Crippen molar-refractivity contribution in [3.63, 3.8) is 0 Å². The third-order valence-electron chi connectivity index (χ3n) is 4.68. The van der Waals surface area contributed by atoms with Gasteiger partial charge in [-0.05, 0) is 68.3 Å². The van der Waals surface area contributed by atoms with Crippen LogP contribution in [0.2, 0.25) is 0 Å². The van der Waals surface area contributed by atoms with Crippen molar-refractivity contribution in [1.29, 1.82) is 0 Å². The zero-order chi connectivity index (χ0) is 13.8. The normalized spacial score (nSPS) is 26.4. The van der Waals surface area contributed by atoms with E-state index in [4.69, 9.17) is 4.74 Å². The molecule has 2 fully saturated rings. The predicted octanol–water partition coefficient (Wildman–Crippen LogP) is 4.11. The first kappa shape index (κ1) is 13.9. The third kappa shape index (κ3) is 3.54. The van der Waals surface area contributed by atoms with Crippen molar-refractivity contribution in [2.24, 2.45) is 5.92 Å². The van der Waals surface area contributed by atoms with Crippen LogP contribution in [0.3, 0.4) is 0 Å². The van der Waals surface area contributed by atoms with Gasteiger partial charge in [-0.15, -0.1) is 0 Å². The van der Waals surface area contributed by atoms with Crippen LogP contribution in [0.15, 0.2) is 24.3 Å². The molecule has 1 aromatic carbocycles. The Labute approximate surface area is 122 Å². The van der Waals surface area contributed by atoms with Gasteiger partial charge in [0.2, 0.25) is 0 Å². The summed E-state index contributed by atoms with van der Waals surface area (Å²) in [5, 5.41) is 3.54. The highest BCUT2D eigenvalue weighted by Gasteiger charge is 2.27. The second kappa shape index (κ2) is 6.62. The fraction of sp³-hybridized carbons (Fsp3) is 0.667. The Bertz CT molecular complexity index is 427. The van der Waals surface area contributed by atoms with Crippen LogP contribution in [0.1, 0.15) is 56.9 Å². The standard InChI is InChI=1S/C18H27NO/c1-2-19-13-15-6-3-4-9-18(15)14-7-5-8-17(12-14)20-16-10-11-16/h5,7-8,12,15-16,18-19H,2-4,6,9-11,13H2,1H3. The molecule has 2 heteroatoms. The van der Waals surface area contributed by atoms with Crippen molar-refractivity contribution in [2.45, 2.75) is 57.5 Å². The van der Waals surface area contributed by atoms with E-state index in [0.717, 1.165) is 24.8 Å². The second-order valence-corrected chi connectivity index (χ2v) is 6.35. The van der Waals surface area contributed by atoms with E-state index in [1.165, 1.54) is 44.1 Å². The summed E-state index contributed by atoms with van der Waals surface area (Å²) < 4.78 is 5.96. The molecule has 2 saturated carbocycles. The Morgan fingerprint density at radius 1 is 1.15 bits per heavy atom. The highest BCUT2D eigenvalue weighted by molar-refractivity contribution is 5.32. The van der Waals surface area contributed by atoms with Gasteiger partial charge < -0.3 is 10.1 Å². The van der Waals surface area contributed by atoms with E-state index < -0.39 is 0 Å². The zero-order valence-electron chi connectivity index (χ0n) is 12.6. The molecule has 2 aliphatic carbocycles. The van der Waals surface area contributed by atoms with Gasteiger partial charge in [-0.2, -0.15) is 0 Å². The summed E-state index contributed by atoms with van der Waals surface area (Å²) >= 11 is 0. The van der Waals surface area contributed by atoms with Crippen LogP contribution in [0, 0.1) is 5.92 Å². The summed E-state index contributed by atoms with van der Waals surface area (Å²) in [5.41, 5.74) is 1.49. The van der Waals surface area contributed by atoms with E-state index in [1.807, 2.05) is 0 Å². The van der Waals surface area contributed by atoms with Crippen LogP contribution in [0.25, 0.3) is 0 Å². The number of benzene rings is 1. The van der Waals surface area contributed by atoms with E-state index in [9.17, 15) is 0 Å². The van der Waals surface area contributed by atoms with Crippen LogP contribution < -0.4 is 10.1 Å². The fourth-order valence-corrected chi connectivity index (χ4v) is 3.42. The monoisotopic (exact) mass is 273 g/mol. The van der Waals surface area contributed by atoms with Crippen molar-refractivity contribution in [3.8, 4) is 5.75 Å². The Morgan fingerprint density at radius 3 is 2.80 bits per heavy atom. The van der Waals surface area contributed by atoms with Gasteiger partial charge in [0.05, 0.1) is 6.10 Å². The summed E-state index contributed by atoms with van der Waals surface area (Å²) in [7, 11) is 0. The Morgan fingerprint density at radius 2 is 2.00 bits per heavy atom. The zero-order valence-corrected chi connectivity index (χ0v) is 12.6. The summed E-state index contributed by atoms with van der Waals surface area (Å²) in [6, 6.07) is 8.89. The van der Waals surface area contributed by atoms with E-state index >= 15 is 0 Å². The molecule has 0 aromatic heterocycles. The molecular weight excluding hydrogens is 246 g/mol. The number of hydrogen-bond donors (Lipinski definition) is 1. The van der Waals surface area contributed by atoms with Crippen molar-refractivity contribution < 1.29 is 4.74 Å². The Hall–Kier alpha value is -1.02. The number of nitrogens with one attached hydrogen (secondary N) is 1. The first-order valence-electron chi connectivity index (χ1n) is 8.34. The van der Waals surface area contributed by atoms with Gasteiger partial charge in [-0.25, -0.2) is 0 Å². The maximum Gasteiger partial charge on any atom is 0.120 e. The quantitative estimate of drug-likeness (QED) is 0.842. The molecule has 2 unspecified atom stereocenters. The molecule has 2 nitrogen and oxygen atoms in total. The van der Waals surface area contributed by atoms with Crippen LogP contribution in [-0.4, -0.2) is 19.2 Å². The predicted molar refractivity (Wildman–Crippen MR) is 83.3 cm³/mol. The van der Waals surface area contributed by atoms with Gasteiger partial charge >= 0.3 is 0 Å². The van der Waals surface area contributed by atoms with Gasteiger partial charge in [0, 0.05) is 0 Å². The maximum atomic E-state index is 5.96. The molecule has 0 bridgehead atoms. The van der Waals surface area contributed by atoms with Crippen LogP contribution in [0.5, 0.6) is 5.75 Å². The summed E-state index contributed by atoms with van der Waals surface area (Å²) in [4.78, 5) is 0. The maximum absolute atomic E-state index is 5.96. The highest BCUT2D eigenvalue weighted by atomic mass is 16.5. The minimum atomic E-state index is 0.495. The molecule has 1 aromatic rings. The topological polar surface area (TPSA) is 21.3 Å². The molecule has 20 heavy (non-hydrogen) atoms. The Kier molecular flexibility index (Phi) is 4.62. The summed E-state index contributed by atoms with van der Waals surface area (Å²) in [6.07, 6.45) is 8.43. The molecule has 0 heterocycles. The third-order valence-corrected chi connectivity index (χ3v) is 4.68. The average Bonchev–Trinajstić information content (AvgIpc) is 3.30. The highest BCUT2D eigenvalue weighted by Crippen LogP contribution is 2.39. The molecule has 0 amide bonds. The molecule has 0 spiro atoms. The van der Waals surface area contributed by atoms with Crippen LogP contribution >= 0.6 is 0 Å². The van der Waals surface area contributed by atoms with Crippen molar-refractivity contribution in [2.75, 3.05) is 13.1 Å². The molecule has 0 radical (unpaired) electrons. The van der Waals surface area contributed by atoms with E-state index in [2.05, 4.69) is 36.5 Å². The van der Waals surface area contributed by atoms with E-state index in [1.54, 1.807) is 0 Å². The van der Waals surface area contributed by atoms with Gasteiger partial charge in [0.1, 0.15) is 5.75 Å². The van der Waals surface area contributed by atoms with Crippen molar-refractivity contribution >= 4 is 0 Å². The van der Waals surface area contributed by atoms with Crippen LogP contribution in [-0.2, 0) is 0 Å². The SMILES string of the molecule is CCNCC1CCCCC1c1cccc(OC2CC2)c1. The van der Waals surface area contributed by atoms with Gasteiger partial charge in [-0.3, -0.25) is 0 Å². The Balaban J connectivity index is 1.70. The van der Waals surface area contributed by atoms with Gasteiger partial charge in [0.25, 0.3) is 0 Å². The first-order chi connectivity index (χ1) is 9.86. The minimum Gasteiger partial charge on any atom is -0.490 e. The lowest BCUT2D eigenvalue weighted by Gasteiger charge is -2.32. The van der Waals surface area contributed by atoms with Crippen molar-refractivity contribution in [3.05, 3.63) is 29.8 Å². The molecule has 3 rings (SSSR count). The molecule has 1 N–H and O–H groups in total. The van der Waals surface area contributed by atoms with E-state index in [0.29, 0.717) is 12.0 Å². The molecule has 110 valence electrons. The molecule has 2 aliphatic rings. The van der Waals surface area contributed by atoms with Gasteiger partial charge in [-0.1, -0.05) is 31.9 Å². The van der Waals surface area contributed by atoms with Crippen LogP contribution in [0.4, 0.5) is 0 Å². The van der Waals surface area contributed by atoms with Crippen molar-refractivity contribution in [1.82, 2.24) is 5.32 Å². The lowest BCUT2D eigenvalue weighted by atomic mass is 9.75. The minimum absolute atomic E-state index is 0.495. The molecule has 2 atom stereocenters. The number of rotatable bonds is 6. The smallest absolute Gasteiger partial charge is 0.120 e. The largest absolute Gasteiger partial charge is 0.490 e.